The number of anilines is 1. The van der Waals surface area contributed by atoms with Crippen LogP contribution in [0.1, 0.15) is 20.9 Å². The lowest BCUT2D eigenvalue weighted by atomic mass is 10.2. The fraction of sp³-hybridized carbons (Fsp3) is 0.182. The van der Waals surface area contributed by atoms with E-state index in [1.165, 1.54) is 11.3 Å². The number of thiazole rings is 1. The molecule has 0 fully saturated rings. The Balaban J connectivity index is 2.14. The molecule has 0 radical (unpaired) electrons. The van der Waals surface area contributed by atoms with Crippen LogP contribution in [0.5, 0.6) is 0 Å². The van der Waals surface area contributed by atoms with E-state index in [4.69, 9.17) is 0 Å². The molecule has 0 unspecified atom stereocenters. The van der Waals surface area contributed by atoms with Gasteiger partial charge in [-0.2, -0.15) is 0 Å². The Kier molecular flexibility index (Phi) is 2.96. The van der Waals surface area contributed by atoms with Crippen LogP contribution in [0.4, 0.5) is 5.13 Å². The lowest BCUT2D eigenvalue weighted by molar-refractivity contribution is 0.102. The van der Waals surface area contributed by atoms with Crippen LogP contribution in [0.25, 0.3) is 0 Å². The summed E-state index contributed by atoms with van der Waals surface area (Å²) in [5, 5.41) is 3.40. The molecule has 2 aromatic heterocycles. The summed E-state index contributed by atoms with van der Waals surface area (Å²) in [4.78, 5) is 21.0. The van der Waals surface area contributed by atoms with Crippen molar-refractivity contribution in [3.63, 3.8) is 0 Å². The molecule has 0 spiro atoms. The van der Waals surface area contributed by atoms with Crippen LogP contribution >= 0.6 is 11.3 Å². The molecule has 1 N–H and O–H groups in total. The van der Waals surface area contributed by atoms with Crippen molar-refractivity contribution in [3.05, 3.63) is 40.7 Å². The normalized spacial score (nSPS) is 10.1. The average molecular weight is 233 g/mol. The molecule has 2 aromatic rings. The van der Waals surface area contributed by atoms with Crippen LogP contribution in [-0.2, 0) is 0 Å². The number of nitrogens with one attached hydrogen (secondary N) is 1. The third kappa shape index (κ3) is 2.25. The SMILES string of the molecule is Cc1nc(NC(=O)c2ccncc2)sc1C. The van der Waals surface area contributed by atoms with E-state index in [2.05, 4.69) is 15.3 Å². The van der Waals surface area contributed by atoms with Crippen molar-refractivity contribution >= 4 is 22.4 Å². The third-order valence-electron chi connectivity index (χ3n) is 2.19. The summed E-state index contributed by atoms with van der Waals surface area (Å²) in [6, 6.07) is 3.34. The van der Waals surface area contributed by atoms with Gasteiger partial charge in [0.2, 0.25) is 0 Å². The van der Waals surface area contributed by atoms with E-state index >= 15 is 0 Å². The van der Waals surface area contributed by atoms with Gasteiger partial charge in [-0.25, -0.2) is 4.98 Å². The number of pyridine rings is 1. The maximum atomic E-state index is 11.8. The van der Waals surface area contributed by atoms with Gasteiger partial charge < -0.3 is 0 Å². The summed E-state index contributed by atoms with van der Waals surface area (Å²) in [5.41, 5.74) is 1.54. The van der Waals surface area contributed by atoms with E-state index in [0.29, 0.717) is 10.7 Å². The highest BCUT2D eigenvalue weighted by Crippen LogP contribution is 2.21. The van der Waals surface area contributed by atoms with Gasteiger partial charge in [-0.1, -0.05) is 0 Å². The molecule has 0 aromatic carbocycles. The van der Waals surface area contributed by atoms with Gasteiger partial charge in [0, 0.05) is 22.8 Å². The zero-order valence-electron chi connectivity index (χ0n) is 9.02. The first-order chi connectivity index (χ1) is 7.66. The lowest BCUT2D eigenvalue weighted by Crippen LogP contribution is -2.11. The Labute approximate surface area is 97.4 Å². The van der Waals surface area contributed by atoms with Gasteiger partial charge in [-0.15, -0.1) is 11.3 Å². The molecule has 4 nitrogen and oxygen atoms in total. The van der Waals surface area contributed by atoms with Gasteiger partial charge in [0.05, 0.1) is 5.69 Å². The quantitative estimate of drug-likeness (QED) is 0.866. The van der Waals surface area contributed by atoms with E-state index in [-0.39, 0.29) is 5.91 Å². The van der Waals surface area contributed by atoms with E-state index in [1.54, 1.807) is 24.5 Å². The summed E-state index contributed by atoms with van der Waals surface area (Å²) in [6.07, 6.45) is 3.18. The second kappa shape index (κ2) is 4.40. The summed E-state index contributed by atoms with van der Waals surface area (Å²) in [5.74, 6) is -0.156. The van der Waals surface area contributed by atoms with Crippen molar-refractivity contribution < 1.29 is 4.79 Å². The predicted molar refractivity (Wildman–Crippen MR) is 63.8 cm³/mol. The minimum atomic E-state index is -0.156. The van der Waals surface area contributed by atoms with Crippen molar-refractivity contribution in [3.8, 4) is 0 Å². The molecule has 0 saturated heterocycles. The number of carbonyl (C=O) groups is 1. The van der Waals surface area contributed by atoms with Crippen LogP contribution in [-0.4, -0.2) is 15.9 Å². The van der Waals surface area contributed by atoms with E-state index in [0.717, 1.165) is 10.6 Å². The fourth-order valence-electron chi connectivity index (χ4n) is 1.20. The van der Waals surface area contributed by atoms with Crippen molar-refractivity contribution in [1.29, 1.82) is 0 Å². The zero-order chi connectivity index (χ0) is 11.5. The summed E-state index contributed by atoms with van der Waals surface area (Å²) in [7, 11) is 0. The molecule has 1 amide bonds. The number of amides is 1. The highest BCUT2D eigenvalue weighted by molar-refractivity contribution is 7.15. The minimum absolute atomic E-state index is 0.156. The first kappa shape index (κ1) is 10.8. The lowest BCUT2D eigenvalue weighted by Gasteiger charge is -1.99. The molecule has 0 atom stereocenters. The van der Waals surface area contributed by atoms with Gasteiger partial charge in [0.15, 0.2) is 5.13 Å². The predicted octanol–water partition coefficient (Wildman–Crippen LogP) is 2.41. The Morgan fingerprint density at radius 2 is 2.00 bits per heavy atom. The maximum Gasteiger partial charge on any atom is 0.257 e. The number of carbonyl (C=O) groups excluding carboxylic acids is 1. The van der Waals surface area contributed by atoms with Crippen molar-refractivity contribution in [2.24, 2.45) is 0 Å². The standard InChI is InChI=1S/C11H11N3OS/c1-7-8(2)16-11(13-7)14-10(15)9-3-5-12-6-4-9/h3-6H,1-2H3,(H,13,14,15). The van der Waals surface area contributed by atoms with Crippen molar-refractivity contribution in [2.45, 2.75) is 13.8 Å². The molecule has 0 aliphatic rings. The molecule has 0 saturated carbocycles. The molecule has 0 aliphatic carbocycles. The zero-order valence-corrected chi connectivity index (χ0v) is 9.84. The van der Waals surface area contributed by atoms with Crippen molar-refractivity contribution in [1.82, 2.24) is 9.97 Å². The average Bonchev–Trinajstić information content (AvgIpc) is 2.59. The largest absolute Gasteiger partial charge is 0.298 e. The Morgan fingerprint density at radius 1 is 1.31 bits per heavy atom. The van der Waals surface area contributed by atoms with Gasteiger partial charge in [0.25, 0.3) is 5.91 Å². The number of rotatable bonds is 2. The molecule has 2 heterocycles. The monoisotopic (exact) mass is 233 g/mol. The maximum absolute atomic E-state index is 11.8. The summed E-state index contributed by atoms with van der Waals surface area (Å²) >= 11 is 1.48. The van der Waals surface area contributed by atoms with Gasteiger partial charge in [-0.3, -0.25) is 15.1 Å². The van der Waals surface area contributed by atoms with Gasteiger partial charge in [-0.05, 0) is 26.0 Å². The molecule has 82 valence electrons. The second-order valence-corrected chi connectivity index (χ2v) is 4.55. The first-order valence-corrected chi connectivity index (χ1v) is 5.64. The number of nitrogens with zero attached hydrogens (tertiary/aromatic N) is 2. The number of aromatic nitrogens is 2. The van der Waals surface area contributed by atoms with Crippen LogP contribution in [0.15, 0.2) is 24.5 Å². The van der Waals surface area contributed by atoms with Crippen LogP contribution < -0.4 is 5.32 Å². The number of hydrogen-bond donors (Lipinski definition) is 1. The van der Waals surface area contributed by atoms with E-state index in [9.17, 15) is 4.79 Å². The number of hydrogen-bond acceptors (Lipinski definition) is 4. The summed E-state index contributed by atoms with van der Waals surface area (Å²) in [6.45, 7) is 3.91. The highest BCUT2D eigenvalue weighted by Gasteiger charge is 2.09. The highest BCUT2D eigenvalue weighted by atomic mass is 32.1. The second-order valence-electron chi connectivity index (χ2n) is 3.35. The molecule has 0 bridgehead atoms. The topological polar surface area (TPSA) is 54.9 Å². The Bertz CT molecular complexity index is 488. The molecule has 16 heavy (non-hydrogen) atoms. The van der Waals surface area contributed by atoms with Gasteiger partial charge >= 0.3 is 0 Å². The van der Waals surface area contributed by atoms with Gasteiger partial charge in [0.1, 0.15) is 0 Å². The van der Waals surface area contributed by atoms with Crippen LogP contribution in [0, 0.1) is 13.8 Å². The fourth-order valence-corrected chi connectivity index (χ4v) is 2.01. The minimum Gasteiger partial charge on any atom is -0.298 e. The number of aryl methyl sites for hydroxylation is 2. The molecule has 0 aliphatic heterocycles. The molecule has 5 heteroatoms. The van der Waals surface area contributed by atoms with E-state index in [1.807, 2.05) is 13.8 Å². The van der Waals surface area contributed by atoms with Crippen LogP contribution in [0.3, 0.4) is 0 Å². The molecule has 2 rings (SSSR count). The Hall–Kier alpha value is -1.75. The smallest absolute Gasteiger partial charge is 0.257 e. The van der Waals surface area contributed by atoms with Crippen LogP contribution in [0.2, 0.25) is 0 Å². The summed E-state index contributed by atoms with van der Waals surface area (Å²) < 4.78 is 0. The molecular formula is C11H11N3OS. The first-order valence-electron chi connectivity index (χ1n) is 4.82. The van der Waals surface area contributed by atoms with E-state index < -0.39 is 0 Å². The molecular weight excluding hydrogens is 222 g/mol. The van der Waals surface area contributed by atoms with Crippen molar-refractivity contribution in [2.75, 3.05) is 5.32 Å². The Morgan fingerprint density at radius 3 is 2.56 bits per heavy atom. The third-order valence-corrected chi connectivity index (χ3v) is 3.18.